The lowest BCUT2D eigenvalue weighted by atomic mass is 9.96. The molecule has 4 amide bonds. The molecule has 2 bridgehead atoms. The molecular weight excluding hydrogens is 514 g/mol. The molecule has 2 N–H and O–H groups in total. The van der Waals surface area contributed by atoms with Gasteiger partial charge in [-0.05, 0) is 37.8 Å². The highest BCUT2D eigenvalue weighted by Gasteiger charge is 2.40. The maximum Gasteiger partial charge on any atom is 0.258 e. The fourth-order valence-corrected chi connectivity index (χ4v) is 6.48. The Balaban J connectivity index is 1.38. The normalized spacial score (nSPS) is 28.9. The van der Waals surface area contributed by atoms with Gasteiger partial charge in [-0.1, -0.05) is 12.1 Å². The van der Waals surface area contributed by atoms with Gasteiger partial charge in [0.2, 0.25) is 17.7 Å². The molecule has 0 aliphatic carbocycles. The number of hydrogen-bond acceptors (Lipinski definition) is 7. The number of nitrogens with zero attached hydrogens (tertiary/aromatic N) is 3. The lowest BCUT2D eigenvalue weighted by Crippen LogP contribution is -2.64. The lowest BCUT2D eigenvalue weighted by Gasteiger charge is -2.46. The summed E-state index contributed by atoms with van der Waals surface area (Å²) in [6.07, 6.45) is 3.41. The van der Waals surface area contributed by atoms with Crippen molar-refractivity contribution in [2.75, 3.05) is 45.9 Å². The van der Waals surface area contributed by atoms with Crippen molar-refractivity contribution in [3.63, 3.8) is 0 Å². The van der Waals surface area contributed by atoms with Gasteiger partial charge in [0.05, 0.1) is 30.4 Å². The predicted octanol–water partition coefficient (Wildman–Crippen LogP) is 0.775. The van der Waals surface area contributed by atoms with Crippen LogP contribution in [0.4, 0.5) is 0 Å². The summed E-state index contributed by atoms with van der Waals surface area (Å²) >= 11 is 0. The van der Waals surface area contributed by atoms with Gasteiger partial charge in [0.1, 0.15) is 11.8 Å². The van der Waals surface area contributed by atoms with Gasteiger partial charge in [0.25, 0.3) is 5.91 Å². The Morgan fingerprint density at radius 1 is 0.975 bits per heavy atom. The molecule has 218 valence electrons. The van der Waals surface area contributed by atoms with Gasteiger partial charge in [-0.2, -0.15) is 0 Å². The van der Waals surface area contributed by atoms with Crippen LogP contribution in [0.5, 0.6) is 5.75 Å². The van der Waals surface area contributed by atoms with Crippen molar-refractivity contribution in [3.05, 3.63) is 29.8 Å². The minimum absolute atomic E-state index is 0.0692. The van der Waals surface area contributed by atoms with Gasteiger partial charge < -0.3 is 29.9 Å². The molecule has 0 radical (unpaired) electrons. The van der Waals surface area contributed by atoms with Crippen molar-refractivity contribution in [1.82, 2.24) is 25.3 Å². The fraction of sp³-hybridized carbons (Fsp3) is 0.655. The first kappa shape index (κ1) is 28.4. The quantitative estimate of drug-likeness (QED) is 0.553. The van der Waals surface area contributed by atoms with E-state index in [0.717, 1.165) is 25.7 Å². The molecule has 1 aromatic carbocycles. The lowest BCUT2D eigenvalue weighted by molar-refractivity contribution is -0.132. The number of nitrogens with one attached hydrogen (secondary N) is 2. The molecule has 3 saturated heterocycles. The van der Waals surface area contributed by atoms with E-state index in [2.05, 4.69) is 15.5 Å². The summed E-state index contributed by atoms with van der Waals surface area (Å²) in [6, 6.07) is 6.57. The Morgan fingerprint density at radius 2 is 1.75 bits per heavy atom. The standard InChI is InChI=1S/C29H41N5O6/c1-19(35)31-24-8-7-22-11-16-39-26-6-4-3-5-23(26)29(38)34-15-14-33(21-9-12-32(13-10-21)20(2)36)18-25(34)28(37)30-17-27(24)40-22/h3-6,21-22,24-25,27H,7-18H2,1-2H3,(H,30,37)(H,31,35)/t22-,24+,25-,27+/m0/s1. The SMILES string of the molecule is CC(=O)N[C@@H]1CC[C@H]2CCOc3ccccc3C(=O)N3CCN(C4CCN(C(C)=O)CC4)C[C@H]3C(=O)NC[C@H]1O2. The van der Waals surface area contributed by atoms with E-state index in [4.69, 9.17) is 9.47 Å². The van der Waals surface area contributed by atoms with Gasteiger partial charge in [-0.25, -0.2) is 0 Å². The number of carbonyl (C=O) groups excluding carboxylic acids is 4. The van der Waals surface area contributed by atoms with Crippen LogP contribution in [-0.2, 0) is 19.1 Å². The van der Waals surface area contributed by atoms with Crippen LogP contribution in [-0.4, -0.2) is 115 Å². The summed E-state index contributed by atoms with van der Waals surface area (Å²) in [5.41, 5.74) is 0.453. The van der Waals surface area contributed by atoms with Crippen LogP contribution >= 0.6 is 0 Å². The van der Waals surface area contributed by atoms with Crippen LogP contribution < -0.4 is 15.4 Å². The van der Waals surface area contributed by atoms with Gasteiger partial charge in [0, 0.05) is 65.6 Å². The molecule has 5 rings (SSSR count). The Bertz CT molecular complexity index is 1110. The van der Waals surface area contributed by atoms with Crippen LogP contribution in [0.25, 0.3) is 0 Å². The first-order valence-corrected chi connectivity index (χ1v) is 14.5. The van der Waals surface area contributed by atoms with Crippen LogP contribution in [0.15, 0.2) is 24.3 Å². The largest absolute Gasteiger partial charge is 0.493 e. The zero-order valence-corrected chi connectivity index (χ0v) is 23.5. The van der Waals surface area contributed by atoms with Crippen LogP contribution in [0.1, 0.15) is 56.3 Å². The molecule has 3 fully saturated rings. The van der Waals surface area contributed by atoms with Crippen molar-refractivity contribution >= 4 is 23.6 Å². The number of fused-ring (bicyclic) bond motifs is 4. The number of hydrogen-bond donors (Lipinski definition) is 2. The van der Waals surface area contributed by atoms with Crippen molar-refractivity contribution in [2.24, 2.45) is 0 Å². The van der Waals surface area contributed by atoms with Crippen LogP contribution in [0.2, 0.25) is 0 Å². The molecular formula is C29H41N5O6. The highest BCUT2D eigenvalue weighted by molar-refractivity contribution is 6.00. The number of rotatable bonds is 2. The number of para-hydroxylation sites is 1. The van der Waals surface area contributed by atoms with Gasteiger partial charge >= 0.3 is 0 Å². The molecule has 40 heavy (non-hydrogen) atoms. The number of ether oxygens (including phenoxy) is 2. The number of piperazine rings is 1. The third kappa shape index (κ3) is 6.41. The molecule has 4 aliphatic heterocycles. The van der Waals surface area contributed by atoms with E-state index in [1.807, 2.05) is 17.0 Å². The number of carbonyl (C=O) groups is 4. The van der Waals surface area contributed by atoms with E-state index >= 15 is 0 Å². The monoisotopic (exact) mass is 555 g/mol. The van der Waals surface area contributed by atoms with Crippen molar-refractivity contribution in [3.8, 4) is 5.75 Å². The Hall–Kier alpha value is -3.18. The van der Waals surface area contributed by atoms with Gasteiger partial charge in [0.15, 0.2) is 0 Å². The summed E-state index contributed by atoms with van der Waals surface area (Å²) < 4.78 is 12.4. The molecule has 4 heterocycles. The molecule has 4 atom stereocenters. The van der Waals surface area contributed by atoms with Crippen molar-refractivity contribution in [1.29, 1.82) is 0 Å². The zero-order valence-electron chi connectivity index (χ0n) is 23.5. The maximum absolute atomic E-state index is 13.9. The first-order chi connectivity index (χ1) is 19.3. The molecule has 11 heteroatoms. The fourth-order valence-electron chi connectivity index (χ4n) is 6.48. The summed E-state index contributed by atoms with van der Waals surface area (Å²) in [5, 5.41) is 6.04. The summed E-state index contributed by atoms with van der Waals surface area (Å²) in [6.45, 7) is 6.60. The molecule has 11 nitrogen and oxygen atoms in total. The molecule has 0 saturated carbocycles. The third-order valence-corrected chi connectivity index (χ3v) is 8.70. The minimum Gasteiger partial charge on any atom is -0.493 e. The Morgan fingerprint density at radius 3 is 2.50 bits per heavy atom. The maximum atomic E-state index is 13.9. The summed E-state index contributed by atoms with van der Waals surface area (Å²) in [4.78, 5) is 57.1. The highest BCUT2D eigenvalue weighted by Crippen LogP contribution is 2.27. The predicted molar refractivity (Wildman–Crippen MR) is 147 cm³/mol. The number of amides is 4. The molecule has 4 aliphatic rings. The van der Waals surface area contributed by atoms with E-state index in [1.54, 1.807) is 24.0 Å². The molecule has 0 aromatic heterocycles. The summed E-state index contributed by atoms with van der Waals surface area (Å²) in [5.74, 6) is 0.0118. The summed E-state index contributed by atoms with van der Waals surface area (Å²) in [7, 11) is 0. The molecule has 1 aromatic rings. The second kappa shape index (κ2) is 12.6. The number of benzene rings is 1. The average molecular weight is 556 g/mol. The Kier molecular flexibility index (Phi) is 8.90. The molecule has 0 unspecified atom stereocenters. The van der Waals surface area contributed by atoms with E-state index in [0.29, 0.717) is 57.1 Å². The number of piperidine rings is 1. The zero-order chi connectivity index (χ0) is 28.2. The van der Waals surface area contributed by atoms with E-state index in [-0.39, 0.29) is 54.5 Å². The van der Waals surface area contributed by atoms with Crippen LogP contribution in [0, 0.1) is 0 Å². The minimum atomic E-state index is -0.693. The number of likely N-dealkylation sites (tertiary alicyclic amines) is 1. The highest BCUT2D eigenvalue weighted by atomic mass is 16.5. The third-order valence-electron chi connectivity index (χ3n) is 8.70. The molecule has 0 spiro atoms. The van der Waals surface area contributed by atoms with Gasteiger partial charge in [-0.3, -0.25) is 24.1 Å². The topological polar surface area (TPSA) is 121 Å². The van der Waals surface area contributed by atoms with E-state index < -0.39 is 6.04 Å². The smallest absolute Gasteiger partial charge is 0.258 e. The van der Waals surface area contributed by atoms with E-state index in [1.165, 1.54) is 6.92 Å². The first-order valence-electron chi connectivity index (χ1n) is 14.5. The Labute approximate surface area is 235 Å². The second-order valence-corrected chi connectivity index (χ2v) is 11.3. The van der Waals surface area contributed by atoms with Crippen LogP contribution in [0.3, 0.4) is 0 Å². The van der Waals surface area contributed by atoms with Crippen molar-refractivity contribution in [2.45, 2.75) is 76.3 Å². The van der Waals surface area contributed by atoms with Crippen molar-refractivity contribution < 1.29 is 28.7 Å². The average Bonchev–Trinajstić information content (AvgIpc) is 2.96. The second-order valence-electron chi connectivity index (χ2n) is 11.3. The van der Waals surface area contributed by atoms with Gasteiger partial charge in [-0.15, -0.1) is 0 Å². The van der Waals surface area contributed by atoms with E-state index in [9.17, 15) is 19.2 Å².